The zero-order valence-electron chi connectivity index (χ0n) is 11.5. The Labute approximate surface area is 121 Å². The number of nitrogens with zero attached hydrogens (tertiary/aromatic N) is 5. The highest BCUT2D eigenvalue weighted by Gasteiger charge is 1.97. The lowest BCUT2D eigenvalue weighted by Gasteiger charge is -1.99. The lowest BCUT2D eigenvalue weighted by molar-refractivity contribution is 0.925. The molecule has 0 aliphatic carbocycles. The van der Waals surface area contributed by atoms with Gasteiger partial charge in [0.2, 0.25) is 0 Å². The fourth-order valence-corrected chi connectivity index (χ4v) is 1.84. The highest BCUT2D eigenvalue weighted by Crippen LogP contribution is 2.06. The van der Waals surface area contributed by atoms with Crippen molar-refractivity contribution in [3.8, 4) is 0 Å². The molecule has 0 saturated carbocycles. The quantitative estimate of drug-likeness (QED) is 0.588. The van der Waals surface area contributed by atoms with Gasteiger partial charge in [-0.15, -0.1) is 15.3 Å². The summed E-state index contributed by atoms with van der Waals surface area (Å²) in [6.45, 7) is 1.99. The molecule has 0 saturated heterocycles. The molecular formula is C15H14N6. The van der Waals surface area contributed by atoms with Crippen molar-refractivity contribution in [3.05, 3.63) is 59.9 Å². The van der Waals surface area contributed by atoms with Crippen LogP contribution in [-0.2, 0) is 0 Å². The number of rotatable bonds is 4. The van der Waals surface area contributed by atoms with E-state index >= 15 is 0 Å². The molecule has 0 amide bonds. The normalized spacial score (nSPS) is 12.1. The van der Waals surface area contributed by atoms with Crippen LogP contribution in [0.4, 0.5) is 5.82 Å². The third-order valence-corrected chi connectivity index (χ3v) is 2.80. The zero-order valence-corrected chi connectivity index (χ0v) is 11.5. The molecule has 1 aromatic carbocycles. The summed E-state index contributed by atoms with van der Waals surface area (Å²) in [5.74, 6) is 0.631. The van der Waals surface area contributed by atoms with Gasteiger partial charge in [-0.25, -0.2) is 0 Å². The summed E-state index contributed by atoms with van der Waals surface area (Å²) in [6, 6.07) is 13.7. The molecule has 104 valence electrons. The van der Waals surface area contributed by atoms with Crippen LogP contribution in [0.15, 0.2) is 59.5 Å². The number of aromatic nitrogens is 4. The molecule has 3 aromatic rings. The predicted molar refractivity (Wildman–Crippen MR) is 83.0 cm³/mol. The minimum atomic E-state index is 0.631. The second-order valence-corrected chi connectivity index (χ2v) is 4.52. The standard InChI is InChI=1S/C15H14N6/c1-12(9-13-5-3-2-4-6-13)10-16-18-14-7-8-15-19-17-11-21(15)20-14/h2-11H,1H3,(H,18,20)/b12-9+,16-10?. The van der Waals surface area contributed by atoms with Crippen molar-refractivity contribution < 1.29 is 0 Å². The van der Waals surface area contributed by atoms with Crippen LogP contribution < -0.4 is 5.43 Å². The van der Waals surface area contributed by atoms with Gasteiger partial charge < -0.3 is 0 Å². The lowest BCUT2D eigenvalue weighted by atomic mass is 10.1. The van der Waals surface area contributed by atoms with Gasteiger partial charge in [0.1, 0.15) is 6.33 Å². The van der Waals surface area contributed by atoms with Crippen molar-refractivity contribution in [2.75, 3.05) is 5.43 Å². The van der Waals surface area contributed by atoms with Gasteiger partial charge in [-0.3, -0.25) is 5.43 Å². The Balaban J connectivity index is 1.67. The van der Waals surface area contributed by atoms with Crippen molar-refractivity contribution in [1.29, 1.82) is 0 Å². The van der Waals surface area contributed by atoms with E-state index in [0.29, 0.717) is 11.5 Å². The molecule has 1 N–H and O–H groups in total. The number of hydrogen-bond acceptors (Lipinski definition) is 5. The molecule has 2 aromatic heterocycles. The molecule has 0 aliphatic rings. The molecule has 0 radical (unpaired) electrons. The van der Waals surface area contributed by atoms with Gasteiger partial charge in [-0.05, 0) is 30.2 Å². The zero-order chi connectivity index (χ0) is 14.5. The number of nitrogens with one attached hydrogen (secondary N) is 1. The van der Waals surface area contributed by atoms with Crippen LogP contribution in [0, 0.1) is 0 Å². The molecule has 0 unspecified atom stereocenters. The van der Waals surface area contributed by atoms with E-state index in [2.05, 4.69) is 31.9 Å². The Hall–Kier alpha value is -3.02. The summed E-state index contributed by atoms with van der Waals surface area (Å²) in [5, 5.41) is 16.1. The number of allylic oxidation sites excluding steroid dienone is 1. The van der Waals surface area contributed by atoms with E-state index < -0.39 is 0 Å². The molecule has 21 heavy (non-hydrogen) atoms. The SMILES string of the molecule is C/C(C=NNc1ccc2nncn2n1)=C\c1ccccc1. The Morgan fingerprint density at radius 3 is 2.90 bits per heavy atom. The van der Waals surface area contributed by atoms with E-state index in [4.69, 9.17) is 0 Å². The largest absolute Gasteiger partial charge is 0.260 e. The fourth-order valence-electron chi connectivity index (χ4n) is 1.84. The van der Waals surface area contributed by atoms with Crippen LogP contribution in [0.25, 0.3) is 11.7 Å². The van der Waals surface area contributed by atoms with Crippen molar-refractivity contribution in [2.24, 2.45) is 5.10 Å². The lowest BCUT2D eigenvalue weighted by Crippen LogP contribution is -1.97. The number of anilines is 1. The molecular weight excluding hydrogens is 264 g/mol. The van der Waals surface area contributed by atoms with Crippen LogP contribution in [0.3, 0.4) is 0 Å². The second-order valence-electron chi connectivity index (χ2n) is 4.52. The average Bonchev–Trinajstić information content (AvgIpc) is 2.96. The van der Waals surface area contributed by atoms with Gasteiger partial charge >= 0.3 is 0 Å². The monoisotopic (exact) mass is 278 g/mol. The third kappa shape index (κ3) is 3.30. The average molecular weight is 278 g/mol. The predicted octanol–water partition coefficient (Wildman–Crippen LogP) is 2.63. The van der Waals surface area contributed by atoms with E-state index in [1.165, 1.54) is 0 Å². The van der Waals surface area contributed by atoms with Crippen molar-refractivity contribution in [3.63, 3.8) is 0 Å². The molecule has 3 rings (SSSR count). The Kier molecular flexibility index (Phi) is 3.68. The summed E-state index contributed by atoms with van der Waals surface area (Å²) in [7, 11) is 0. The maximum atomic E-state index is 4.26. The second kappa shape index (κ2) is 5.96. The molecule has 0 bridgehead atoms. The molecule has 6 nitrogen and oxygen atoms in total. The molecule has 0 spiro atoms. The summed E-state index contributed by atoms with van der Waals surface area (Å²) >= 11 is 0. The molecule has 2 heterocycles. The summed E-state index contributed by atoms with van der Waals surface area (Å²) in [5.41, 5.74) is 5.77. The van der Waals surface area contributed by atoms with Gasteiger partial charge in [0, 0.05) is 0 Å². The minimum Gasteiger partial charge on any atom is -0.260 e. The summed E-state index contributed by atoms with van der Waals surface area (Å²) < 4.78 is 1.59. The first-order chi connectivity index (χ1) is 10.3. The molecule has 0 fully saturated rings. The van der Waals surface area contributed by atoms with Crippen LogP contribution >= 0.6 is 0 Å². The van der Waals surface area contributed by atoms with Crippen molar-refractivity contribution >= 4 is 23.8 Å². The van der Waals surface area contributed by atoms with E-state index in [-0.39, 0.29) is 0 Å². The molecule has 0 atom stereocenters. The van der Waals surface area contributed by atoms with Crippen LogP contribution in [-0.4, -0.2) is 26.0 Å². The number of hydrogen-bond donors (Lipinski definition) is 1. The van der Waals surface area contributed by atoms with Gasteiger partial charge in [0.15, 0.2) is 11.5 Å². The highest BCUT2D eigenvalue weighted by molar-refractivity contribution is 5.85. The summed E-state index contributed by atoms with van der Waals surface area (Å²) in [4.78, 5) is 0. The Bertz CT molecular complexity index is 788. The van der Waals surface area contributed by atoms with E-state index in [1.807, 2.05) is 43.3 Å². The fraction of sp³-hybridized carbons (Fsp3) is 0.0667. The smallest absolute Gasteiger partial charge is 0.177 e. The first kappa shape index (κ1) is 13.0. The topological polar surface area (TPSA) is 67.5 Å². The van der Waals surface area contributed by atoms with Crippen molar-refractivity contribution in [2.45, 2.75) is 6.92 Å². The van der Waals surface area contributed by atoms with Crippen molar-refractivity contribution in [1.82, 2.24) is 19.8 Å². The maximum Gasteiger partial charge on any atom is 0.177 e. The highest BCUT2D eigenvalue weighted by atomic mass is 15.4. The van der Waals surface area contributed by atoms with E-state index in [0.717, 1.165) is 11.1 Å². The Morgan fingerprint density at radius 2 is 2.05 bits per heavy atom. The first-order valence-corrected chi connectivity index (χ1v) is 6.51. The van der Waals surface area contributed by atoms with Gasteiger partial charge in [0.25, 0.3) is 0 Å². The minimum absolute atomic E-state index is 0.631. The van der Waals surface area contributed by atoms with Gasteiger partial charge in [-0.1, -0.05) is 36.4 Å². The van der Waals surface area contributed by atoms with Gasteiger partial charge in [0.05, 0.1) is 6.21 Å². The van der Waals surface area contributed by atoms with Gasteiger partial charge in [-0.2, -0.15) is 9.62 Å². The van der Waals surface area contributed by atoms with E-state index in [9.17, 15) is 0 Å². The van der Waals surface area contributed by atoms with E-state index in [1.54, 1.807) is 23.1 Å². The van der Waals surface area contributed by atoms with Crippen LogP contribution in [0.1, 0.15) is 12.5 Å². The van der Waals surface area contributed by atoms with Crippen LogP contribution in [0.5, 0.6) is 0 Å². The number of hydrazone groups is 1. The number of benzene rings is 1. The number of fused-ring (bicyclic) bond motifs is 1. The Morgan fingerprint density at radius 1 is 1.19 bits per heavy atom. The third-order valence-electron chi connectivity index (χ3n) is 2.80. The molecule has 0 aliphatic heterocycles. The first-order valence-electron chi connectivity index (χ1n) is 6.51. The molecule has 6 heteroatoms. The summed E-state index contributed by atoms with van der Waals surface area (Å²) in [6.07, 6.45) is 5.36. The van der Waals surface area contributed by atoms with Crippen LogP contribution in [0.2, 0.25) is 0 Å². The maximum absolute atomic E-state index is 4.26.